The molecule has 0 bridgehead atoms. The number of ether oxygens (including phenoxy) is 1. The van der Waals surface area contributed by atoms with Crippen LogP contribution in [0.15, 0.2) is 18.3 Å². The Morgan fingerprint density at radius 3 is 2.39 bits per heavy atom. The number of aromatic nitrogens is 1. The number of carbonyl (C=O) groups is 1. The van der Waals surface area contributed by atoms with Crippen LogP contribution in [0.5, 0.6) is 0 Å². The van der Waals surface area contributed by atoms with Crippen LogP contribution in [-0.2, 0) is 14.9 Å². The molecular weight excluding hydrogens is 252 g/mol. The highest BCUT2D eigenvalue weighted by Gasteiger charge is 2.39. The van der Waals surface area contributed by atoms with E-state index in [-0.39, 0.29) is 0 Å². The Morgan fingerprint density at radius 1 is 1.39 bits per heavy atom. The summed E-state index contributed by atoms with van der Waals surface area (Å²) in [5, 5.41) is 9.57. The van der Waals surface area contributed by atoms with Gasteiger partial charge >= 0.3 is 5.97 Å². The number of esters is 1. The molecule has 0 aliphatic rings. The van der Waals surface area contributed by atoms with Crippen molar-refractivity contribution >= 4 is 17.6 Å². The quantitative estimate of drug-likeness (QED) is 0.610. The summed E-state index contributed by atoms with van der Waals surface area (Å²) < 4.78 is 5.26. The number of carbonyl (C=O) groups excluding carboxylic acids is 1. The van der Waals surface area contributed by atoms with Crippen LogP contribution >= 0.6 is 11.6 Å². The van der Waals surface area contributed by atoms with Gasteiger partial charge in [0.15, 0.2) is 5.41 Å². The highest BCUT2D eigenvalue weighted by atomic mass is 35.5. The van der Waals surface area contributed by atoms with Gasteiger partial charge in [0.1, 0.15) is 10.8 Å². The van der Waals surface area contributed by atoms with Crippen molar-refractivity contribution in [3.63, 3.8) is 0 Å². The molecule has 1 aromatic rings. The molecule has 0 fully saturated rings. The first-order valence-corrected chi connectivity index (χ1v) is 5.83. The first kappa shape index (κ1) is 14.5. The molecule has 0 N–H and O–H groups in total. The van der Waals surface area contributed by atoms with Gasteiger partial charge < -0.3 is 4.74 Å². The molecule has 0 aromatic carbocycles. The largest absolute Gasteiger partial charge is 0.459 e. The Hall–Kier alpha value is -1.60. The van der Waals surface area contributed by atoms with Gasteiger partial charge in [-0.15, -0.1) is 0 Å². The SMILES string of the molecule is CC(C)(C)OC(=O)C(C)(C#N)c1ccc(Cl)nc1. The molecule has 18 heavy (non-hydrogen) atoms. The van der Waals surface area contributed by atoms with E-state index in [0.29, 0.717) is 10.7 Å². The van der Waals surface area contributed by atoms with Crippen LogP contribution in [0.1, 0.15) is 33.3 Å². The Labute approximate surface area is 112 Å². The van der Waals surface area contributed by atoms with Crippen molar-refractivity contribution in [3.8, 4) is 6.07 Å². The lowest BCUT2D eigenvalue weighted by Gasteiger charge is -2.26. The maximum atomic E-state index is 12.1. The average molecular weight is 267 g/mol. The van der Waals surface area contributed by atoms with Gasteiger partial charge in [-0.1, -0.05) is 17.7 Å². The zero-order valence-corrected chi connectivity index (χ0v) is 11.6. The lowest BCUT2D eigenvalue weighted by molar-refractivity contribution is -0.159. The van der Waals surface area contributed by atoms with E-state index >= 15 is 0 Å². The van der Waals surface area contributed by atoms with Gasteiger partial charge in [0.05, 0.1) is 6.07 Å². The fourth-order valence-corrected chi connectivity index (χ4v) is 1.39. The molecule has 0 aliphatic carbocycles. The predicted octanol–water partition coefficient (Wildman–Crippen LogP) is 2.86. The summed E-state index contributed by atoms with van der Waals surface area (Å²) in [7, 11) is 0. The molecule has 0 saturated heterocycles. The molecule has 96 valence electrons. The van der Waals surface area contributed by atoms with E-state index in [9.17, 15) is 10.1 Å². The van der Waals surface area contributed by atoms with Crippen molar-refractivity contribution in [3.05, 3.63) is 29.0 Å². The summed E-state index contributed by atoms with van der Waals surface area (Å²) in [4.78, 5) is 16.0. The molecular formula is C13H15ClN2O2. The first-order chi connectivity index (χ1) is 8.19. The zero-order valence-electron chi connectivity index (χ0n) is 10.8. The van der Waals surface area contributed by atoms with Crippen LogP contribution in [0.25, 0.3) is 0 Å². The minimum atomic E-state index is -1.38. The Bertz CT molecular complexity index is 485. The Balaban J connectivity index is 3.10. The van der Waals surface area contributed by atoms with Crippen LogP contribution < -0.4 is 0 Å². The maximum absolute atomic E-state index is 12.1. The topological polar surface area (TPSA) is 63.0 Å². The van der Waals surface area contributed by atoms with Gasteiger partial charge in [-0.2, -0.15) is 5.26 Å². The molecule has 1 rings (SSSR count). The summed E-state index contributed by atoms with van der Waals surface area (Å²) in [6.45, 7) is 6.76. The molecule has 0 spiro atoms. The lowest BCUT2D eigenvalue weighted by Crippen LogP contribution is -2.38. The average Bonchev–Trinajstić information content (AvgIpc) is 2.26. The van der Waals surface area contributed by atoms with E-state index in [2.05, 4.69) is 4.98 Å². The predicted molar refractivity (Wildman–Crippen MR) is 68.1 cm³/mol. The second-order valence-corrected chi connectivity index (χ2v) is 5.50. The van der Waals surface area contributed by atoms with Crippen LogP contribution in [0, 0.1) is 11.3 Å². The normalized spacial score (nSPS) is 14.4. The molecule has 0 saturated carbocycles. The van der Waals surface area contributed by atoms with Crippen molar-refractivity contribution in [2.24, 2.45) is 0 Å². The molecule has 1 unspecified atom stereocenters. The molecule has 4 nitrogen and oxygen atoms in total. The molecule has 0 radical (unpaired) electrons. The Kier molecular flexibility index (Phi) is 3.98. The van der Waals surface area contributed by atoms with Crippen molar-refractivity contribution in [1.82, 2.24) is 4.98 Å². The lowest BCUT2D eigenvalue weighted by atomic mass is 9.85. The van der Waals surface area contributed by atoms with Gasteiger partial charge in [0.25, 0.3) is 0 Å². The third-order valence-electron chi connectivity index (χ3n) is 2.34. The smallest absolute Gasteiger partial charge is 0.331 e. The third-order valence-corrected chi connectivity index (χ3v) is 2.56. The molecule has 0 aliphatic heterocycles. The standard InChI is InChI=1S/C13H15ClN2O2/c1-12(2,3)18-11(17)13(4,8-15)9-5-6-10(14)16-7-9/h5-7H,1-4H3. The van der Waals surface area contributed by atoms with E-state index in [1.54, 1.807) is 26.8 Å². The fraction of sp³-hybridized carbons (Fsp3) is 0.462. The fourth-order valence-electron chi connectivity index (χ4n) is 1.28. The second kappa shape index (κ2) is 4.95. The van der Waals surface area contributed by atoms with Gasteiger partial charge in [-0.3, -0.25) is 0 Å². The minimum Gasteiger partial charge on any atom is -0.459 e. The summed E-state index contributed by atoms with van der Waals surface area (Å²) >= 11 is 5.68. The van der Waals surface area contributed by atoms with Gasteiger partial charge in [-0.05, 0) is 33.8 Å². The summed E-state index contributed by atoms with van der Waals surface area (Å²) in [6.07, 6.45) is 1.41. The molecule has 1 heterocycles. The number of nitriles is 1. The van der Waals surface area contributed by atoms with Gasteiger partial charge in [0, 0.05) is 11.8 Å². The highest BCUT2D eigenvalue weighted by Crippen LogP contribution is 2.27. The summed E-state index contributed by atoms with van der Waals surface area (Å²) in [5.74, 6) is -0.596. The summed E-state index contributed by atoms with van der Waals surface area (Å²) in [5.41, 5.74) is -1.57. The number of rotatable bonds is 2. The number of hydrogen-bond donors (Lipinski definition) is 0. The monoisotopic (exact) mass is 266 g/mol. The van der Waals surface area contributed by atoms with Crippen molar-refractivity contribution in [2.45, 2.75) is 38.7 Å². The molecule has 0 amide bonds. The second-order valence-electron chi connectivity index (χ2n) is 5.11. The zero-order chi connectivity index (χ0) is 14.0. The number of pyridine rings is 1. The molecule has 5 heteroatoms. The van der Waals surface area contributed by atoms with E-state index in [4.69, 9.17) is 16.3 Å². The molecule has 1 atom stereocenters. The van der Waals surface area contributed by atoms with Crippen LogP contribution in [-0.4, -0.2) is 16.6 Å². The van der Waals surface area contributed by atoms with Crippen molar-refractivity contribution < 1.29 is 9.53 Å². The van der Waals surface area contributed by atoms with Crippen LogP contribution in [0.4, 0.5) is 0 Å². The number of hydrogen-bond acceptors (Lipinski definition) is 4. The first-order valence-electron chi connectivity index (χ1n) is 5.46. The third kappa shape index (κ3) is 3.21. The van der Waals surface area contributed by atoms with Crippen molar-refractivity contribution in [1.29, 1.82) is 5.26 Å². The number of nitrogens with zero attached hydrogens (tertiary/aromatic N) is 2. The van der Waals surface area contributed by atoms with Gasteiger partial charge in [-0.25, -0.2) is 9.78 Å². The highest BCUT2D eigenvalue weighted by molar-refractivity contribution is 6.29. The molecule has 1 aromatic heterocycles. The minimum absolute atomic E-state index is 0.309. The number of halogens is 1. The van der Waals surface area contributed by atoms with E-state index in [1.165, 1.54) is 19.2 Å². The van der Waals surface area contributed by atoms with Crippen LogP contribution in [0.2, 0.25) is 5.15 Å². The van der Waals surface area contributed by atoms with E-state index in [0.717, 1.165) is 0 Å². The maximum Gasteiger partial charge on any atom is 0.331 e. The van der Waals surface area contributed by atoms with E-state index < -0.39 is 17.0 Å². The van der Waals surface area contributed by atoms with Crippen molar-refractivity contribution in [2.75, 3.05) is 0 Å². The van der Waals surface area contributed by atoms with E-state index in [1.807, 2.05) is 6.07 Å². The van der Waals surface area contributed by atoms with Gasteiger partial charge in [0.2, 0.25) is 0 Å². The summed E-state index contributed by atoms with van der Waals surface area (Å²) in [6, 6.07) is 5.12. The van der Waals surface area contributed by atoms with Crippen LogP contribution in [0.3, 0.4) is 0 Å². The Morgan fingerprint density at radius 2 is 2.00 bits per heavy atom.